The van der Waals surface area contributed by atoms with Gasteiger partial charge in [0, 0.05) is 45.1 Å². The van der Waals surface area contributed by atoms with E-state index in [2.05, 4.69) is 20.3 Å². The molecule has 2 aliphatic rings. The first-order chi connectivity index (χ1) is 10.8. The van der Waals surface area contributed by atoms with Crippen molar-refractivity contribution in [3.63, 3.8) is 0 Å². The number of piperazine rings is 1. The second kappa shape index (κ2) is 5.42. The Hall–Kier alpha value is -2.41. The highest BCUT2D eigenvalue weighted by atomic mass is 16.2. The Morgan fingerprint density at radius 2 is 2.09 bits per heavy atom. The van der Waals surface area contributed by atoms with Gasteiger partial charge in [0.25, 0.3) is 0 Å². The SMILES string of the molecule is O=C([C@@H]1C=CCN1)N1CCN(c2ccc3nccn3n2)CC1. The molecule has 2 aliphatic heterocycles. The van der Waals surface area contributed by atoms with Gasteiger partial charge in [-0.15, -0.1) is 5.10 Å². The predicted octanol–water partition coefficient (Wildman–Crippen LogP) is -0.0941. The number of carbonyl (C=O) groups is 1. The summed E-state index contributed by atoms with van der Waals surface area (Å²) < 4.78 is 1.78. The Balaban J connectivity index is 1.42. The molecule has 0 aliphatic carbocycles. The van der Waals surface area contributed by atoms with Gasteiger partial charge in [-0.05, 0) is 12.1 Å². The fourth-order valence-corrected chi connectivity index (χ4v) is 2.96. The minimum absolute atomic E-state index is 0.146. The summed E-state index contributed by atoms with van der Waals surface area (Å²) in [6.45, 7) is 3.85. The van der Waals surface area contributed by atoms with Crippen LogP contribution in [0, 0.1) is 0 Å². The van der Waals surface area contributed by atoms with E-state index in [0.717, 1.165) is 44.2 Å². The van der Waals surface area contributed by atoms with Gasteiger partial charge in [-0.25, -0.2) is 9.50 Å². The molecule has 7 nitrogen and oxygen atoms in total. The number of hydrogen-bond donors (Lipinski definition) is 1. The maximum absolute atomic E-state index is 12.3. The average Bonchev–Trinajstić information content (AvgIpc) is 3.25. The maximum Gasteiger partial charge on any atom is 0.243 e. The van der Waals surface area contributed by atoms with Crippen molar-refractivity contribution in [1.29, 1.82) is 0 Å². The van der Waals surface area contributed by atoms with Gasteiger partial charge in [0.15, 0.2) is 5.65 Å². The first-order valence-corrected chi connectivity index (χ1v) is 7.55. The molecule has 0 radical (unpaired) electrons. The van der Waals surface area contributed by atoms with Gasteiger partial charge >= 0.3 is 0 Å². The molecule has 0 saturated carbocycles. The lowest BCUT2D eigenvalue weighted by molar-refractivity contribution is -0.132. The average molecular weight is 298 g/mol. The Kier molecular flexibility index (Phi) is 3.27. The van der Waals surface area contributed by atoms with Crippen LogP contribution in [-0.4, -0.2) is 64.2 Å². The molecule has 4 heterocycles. The second-order valence-corrected chi connectivity index (χ2v) is 5.55. The van der Waals surface area contributed by atoms with E-state index in [0.29, 0.717) is 0 Å². The van der Waals surface area contributed by atoms with Crippen LogP contribution in [-0.2, 0) is 4.79 Å². The quantitative estimate of drug-likeness (QED) is 0.785. The van der Waals surface area contributed by atoms with E-state index in [-0.39, 0.29) is 11.9 Å². The second-order valence-electron chi connectivity index (χ2n) is 5.55. The van der Waals surface area contributed by atoms with E-state index in [9.17, 15) is 4.79 Å². The van der Waals surface area contributed by atoms with Crippen molar-refractivity contribution in [3.05, 3.63) is 36.7 Å². The molecule has 0 aromatic carbocycles. The van der Waals surface area contributed by atoms with Crippen LogP contribution in [0.4, 0.5) is 5.82 Å². The van der Waals surface area contributed by atoms with Crippen molar-refractivity contribution in [1.82, 2.24) is 24.8 Å². The Bertz CT molecular complexity index is 716. The van der Waals surface area contributed by atoms with Gasteiger partial charge in [0.1, 0.15) is 11.9 Å². The molecule has 22 heavy (non-hydrogen) atoms. The highest BCUT2D eigenvalue weighted by Gasteiger charge is 2.27. The van der Waals surface area contributed by atoms with Gasteiger partial charge in [0.05, 0.1) is 0 Å². The summed E-state index contributed by atoms with van der Waals surface area (Å²) in [6.07, 6.45) is 7.54. The number of nitrogens with one attached hydrogen (secondary N) is 1. The van der Waals surface area contributed by atoms with Crippen molar-refractivity contribution in [3.8, 4) is 0 Å². The summed E-state index contributed by atoms with van der Waals surface area (Å²) in [7, 11) is 0. The molecule has 0 unspecified atom stereocenters. The lowest BCUT2D eigenvalue weighted by Gasteiger charge is -2.36. The van der Waals surface area contributed by atoms with Crippen LogP contribution >= 0.6 is 0 Å². The van der Waals surface area contributed by atoms with E-state index in [1.165, 1.54) is 0 Å². The molecule has 1 fully saturated rings. The molecule has 1 atom stereocenters. The number of hydrogen-bond acceptors (Lipinski definition) is 5. The fourth-order valence-electron chi connectivity index (χ4n) is 2.96. The number of aromatic nitrogens is 3. The van der Waals surface area contributed by atoms with Crippen molar-refractivity contribution >= 4 is 17.4 Å². The number of carbonyl (C=O) groups excluding carboxylic acids is 1. The number of rotatable bonds is 2. The van der Waals surface area contributed by atoms with Crippen LogP contribution in [0.25, 0.3) is 5.65 Å². The highest BCUT2D eigenvalue weighted by molar-refractivity contribution is 5.84. The molecular weight excluding hydrogens is 280 g/mol. The number of nitrogens with zero attached hydrogens (tertiary/aromatic N) is 5. The number of imidazole rings is 1. The highest BCUT2D eigenvalue weighted by Crippen LogP contribution is 2.15. The molecule has 2 aromatic rings. The van der Waals surface area contributed by atoms with Crippen molar-refractivity contribution < 1.29 is 4.79 Å². The predicted molar refractivity (Wildman–Crippen MR) is 82.7 cm³/mol. The monoisotopic (exact) mass is 298 g/mol. The topological polar surface area (TPSA) is 65.8 Å². The van der Waals surface area contributed by atoms with Gasteiger partial charge in [-0.2, -0.15) is 0 Å². The van der Waals surface area contributed by atoms with Gasteiger partial charge in [0.2, 0.25) is 5.91 Å². The third-order valence-corrected chi connectivity index (χ3v) is 4.21. The van der Waals surface area contributed by atoms with E-state index < -0.39 is 0 Å². The first-order valence-electron chi connectivity index (χ1n) is 7.55. The van der Waals surface area contributed by atoms with Crippen LogP contribution in [0.3, 0.4) is 0 Å². The Morgan fingerprint density at radius 3 is 2.86 bits per heavy atom. The number of anilines is 1. The number of amides is 1. The van der Waals surface area contributed by atoms with E-state index in [1.54, 1.807) is 10.7 Å². The van der Waals surface area contributed by atoms with Crippen LogP contribution in [0.5, 0.6) is 0 Å². The minimum atomic E-state index is -0.146. The van der Waals surface area contributed by atoms with E-state index in [1.807, 2.05) is 35.4 Å². The molecule has 0 spiro atoms. The standard InChI is InChI=1S/C15H18N6O/c22-15(12-2-1-5-16-12)20-10-8-19(9-11-20)14-4-3-13-17-6-7-21(13)18-14/h1-4,6-7,12,16H,5,8-11H2/t12-/m0/s1. The largest absolute Gasteiger partial charge is 0.352 e. The maximum atomic E-state index is 12.3. The normalized spacial score (nSPS) is 21.7. The van der Waals surface area contributed by atoms with Gasteiger partial charge in [-0.1, -0.05) is 12.2 Å². The Morgan fingerprint density at radius 1 is 1.23 bits per heavy atom. The van der Waals surface area contributed by atoms with Gasteiger partial charge < -0.3 is 9.80 Å². The number of fused-ring (bicyclic) bond motifs is 1. The molecule has 0 bridgehead atoms. The zero-order valence-electron chi connectivity index (χ0n) is 12.2. The zero-order valence-corrected chi connectivity index (χ0v) is 12.2. The fraction of sp³-hybridized carbons (Fsp3) is 0.400. The molecule has 1 amide bonds. The Labute approximate surface area is 128 Å². The minimum Gasteiger partial charge on any atom is -0.352 e. The van der Waals surface area contributed by atoms with Crippen LogP contribution in [0.1, 0.15) is 0 Å². The van der Waals surface area contributed by atoms with Crippen LogP contribution in [0.2, 0.25) is 0 Å². The molecule has 114 valence electrons. The summed E-state index contributed by atoms with van der Waals surface area (Å²) in [6, 6.07) is 3.81. The summed E-state index contributed by atoms with van der Waals surface area (Å²) >= 11 is 0. The molecule has 7 heteroatoms. The lowest BCUT2D eigenvalue weighted by Crippen LogP contribution is -2.53. The molecule has 2 aromatic heterocycles. The van der Waals surface area contributed by atoms with Crippen molar-refractivity contribution in [2.75, 3.05) is 37.6 Å². The van der Waals surface area contributed by atoms with Crippen LogP contribution < -0.4 is 10.2 Å². The molecule has 4 rings (SSSR count). The summed E-state index contributed by atoms with van der Waals surface area (Å²) in [5, 5.41) is 7.73. The van der Waals surface area contributed by atoms with Crippen LogP contribution in [0.15, 0.2) is 36.7 Å². The zero-order chi connectivity index (χ0) is 14.9. The van der Waals surface area contributed by atoms with E-state index in [4.69, 9.17) is 0 Å². The van der Waals surface area contributed by atoms with Gasteiger partial charge in [-0.3, -0.25) is 10.1 Å². The smallest absolute Gasteiger partial charge is 0.243 e. The third kappa shape index (κ3) is 2.33. The summed E-state index contributed by atoms with van der Waals surface area (Å²) in [5.74, 6) is 1.10. The molecular formula is C15H18N6O. The summed E-state index contributed by atoms with van der Waals surface area (Å²) in [5.41, 5.74) is 0.844. The first kappa shape index (κ1) is 13.3. The molecule has 1 saturated heterocycles. The van der Waals surface area contributed by atoms with Crippen molar-refractivity contribution in [2.24, 2.45) is 0 Å². The third-order valence-electron chi connectivity index (χ3n) is 4.21. The van der Waals surface area contributed by atoms with Crippen molar-refractivity contribution in [2.45, 2.75) is 6.04 Å². The lowest BCUT2D eigenvalue weighted by atomic mass is 10.2. The summed E-state index contributed by atoms with van der Waals surface area (Å²) in [4.78, 5) is 20.7. The van der Waals surface area contributed by atoms with E-state index >= 15 is 0 Å². The molecule has 1 N–H and O–H groups in total.